The molecule has 0 aromatic heterocycles. The van der Waals surface area contributed by atoms with Crippen molar-refractivity contribution >= 4 is 18.2 Å². The molecule has 0 bridgehead atoms. The van der Waals surface area contributed by atoms with E-state index in [0.29, 0.717) is 25.7 Å². The molecular formula is C15H25F3O3SSi. The van der Waals surface area contributed by atoms with Gasteiger partial charge in [0, 0.05) is 14.0 Å². The van der Waals surface area contributed by atoms with Crippen molar-refractivity contribution in [3.05, 3.63) is 24.0 Å². The maximum Gasteiger partial charge on any atom is 0.534 e. The van der Waals surface area contributed by atoms with Crippen LogP contribution in [0.5, 0.6) is 0 Å². The lowest BCUT2D eigenvalue weighted by atomic mass is 9.90. The molecule has 0 spiro atoms. The SMILES string of the molecule is C[Si](C)(C)C/C=C\CCC1CCCC=C1OS(=O)(=O)C(F)(F)F. The first-order chi connectivity index (χ1) is 10.4. The predicted molar refractivity (Wildman–Crippen MR) is 88.0 cm³/mol. The summed E-state index contributed by atoms with van der Waals surface area (Å²) >= 11 is 0. The second-order valence-electron chi connectivity index (χ2n) is 7.03. The fourth-order valence-electron chi connectivity index (χ4n) is 2.33. The molecule has 1 atom stereocenters. The molecule has 1 aliphatic rings. The van der Waals surface area contributed by atoms with E-state index >= 15 is 0 Å². The third-order valence-corrected chi connectivity index (χ3v) is 6.01. The molecule has 0 fully saturated rings. The van der Waals surface area contributed by atoms with E-state index in [1.807, 2.05) is 6.08 Å². The van der Waals surface area contributed by atoms with Crippen LogP contribution in [0.2, 0.25) is 25.7 Å². The van der Waals surface area contributed by atoms with E-state index in [9.17, 15) is 21.6 Å². The van der Waals surface area contributed by atoms with Crippen LogP contribution in [0.15, 0.2) is 24.0 Å². The molecule has 0 amide bonds. The molecule has 0 N–H and O–H groups in total. The molecule has 8 heteroatoms. The van der Waals surface area contributed by atoms with Crippen molar-refractivity contribution < 1.29 is 25.8 Å². The van der Waals surface area contributed by atoms with Gasteiger partial charge in [0.05, 0.1) is 0 Å². The molecule has 0 aromatic carbocycles. The summed E-state index contributed by atoms with van der Waals surface area (Å²) in [4.78, 5) is 0. The van der Waals surface area contributed by atoms with Crippen LogP contribution in [-0.4, -0.2) is 22.0 Å². The standard InChI is InChI=1S/C15H25F3O3SSi/c1-23(2,3)12-8-4-5-9-13-10-6-7-11-14(13)21-22(19,20)15(16,17)18/h4,8,11,13H,5-7,9-10,12H2,1-3H3/b8-4-. The molecule has 0 saturated heterocycles. The Balaban J connectivity index is 2.61. The zero-order valence-corrected chi connectivity index (χ0v) is 15.6. The van der Waals surface area contributed by atoms with Crippen molar-refractivity contribution in [3.8, 4) is 0 Å². The Kier molecular flexibility index (Phi) is 6.94. The Labute approximate surface area is 137 Å². The Morgan fingerprint density at radius 1 is 1.30 bits per heavy atom. The summed E-state index contributed by atoms with van der Waals surface area (Å²) in [6.45, 7) is 6.78. The first-order valence-corrected chi connectivity index (χ1v) is 12.9. The van der Waals surface area contributed by atoms with Crippen LogP contribution in [0.25, 0.3) is 0 Å². The average molecular weight is 371 g/mol. The topological polar surface area (TPSA) is 43.4 Å². The van der Waals surface area contributed by atoms with Crippen LogP contribution in [0, 0.1) is 5.92 Å². The van der Waals surface area contributed by atoms with E-state index in [1.165, 1.54) is 6.08 Å². The summed E-state index contributed by atoms with van der Waals surface area (Å²) in [6, 6.07) is 1.05. The van der Waals surface area contributed by atoms with Gasteiger partial charge in [0.15, 0.2) is 0 Å². The van der Waals surface area contributed by atoms with Crippen LogP contribution >= 0.6 is 0 Å². The monoisotopic (exact) mass is 370 g/mol. The Morgan fingerprint density at radius 2 is 1.96 bits per heavy atom. The van der Waals surface area contributed by atoms with E-state index in [4.69, 9.17) is 0 Å². The summed E-state index contributed by atoms with van der Waals surface area (Å²) < 4.78 is 64.0. The number of alkyl halides is 3. The van der Waals surface area contributed by atoms with E-state index in [-0.39, 0.29) is 11.7 Å². The lowest BCUT2D eigenvalue weighted by molar-refractivity contribution is -0.0528. The van der Waals surface area contributed by atoms with Crippen molar-refractivity contribution in [2.24, 2.45) is 5.92 Å². The molecule has 0 radical (unpaired) electrons. The molecule has 23 heavy (non-hydrogen) atoms. The molecule has 1 unspecified atom stereocenters. The minimum atomic E-state index is -5.57. The van der Waals surface area contributed by atoms with Gasteiger partial charge in [0.25, 0.3) is 0 Å². The smallest absolute Gasteiger partial charge is 0.381 e. The fraction of sp³-hybridized carbons (Fsp3) is 0.733. The number of halogens is 3. The fourth-order valence-corrected chi connectivity index (χ4v) is 3.76. The molecule has 1 rings (SSSR count). The lowest BCUT2D eigenvalue weighted by Gasteiger charge is -2.24. The second kappa shape index (κ2) is 7.87. The first-order valence-electron chi connectivity index (χ1n) is 7.78. The minimum Gasteiger partial charge on any atom is -0.381 e. The number of hydrogen-bond acceptors (Lipinski definition) is 3. The van der Waals surface area contributed by atoms with Crippen molar-refractivity contribution in [3.63, 3.8) is 0 Å². The zero-order chi connectivity index (χ0) is 17.7. The summed E-state index contributed by atoms with van der Waals surface area (Å²) in [5.41, 5.74) is -5.38. The van der Waals surface area contributed by atoms with Gasteiger partial charge in [-0.3, -0.25) is 0 Å². The van der Waals surface area contributed by atoms with Gasteiger partial charge in [-0.15, -0.1) is 0 Å². The molecular weight excluding hydrogens is 345 g/mol. The van der Waals surface area contributed by atoms with Crippen molar-refractivity contribution in [1.29, 1.82) is 0 Å². The van der Waals surface area contributed by atoms with E-state index in [1.54, 1.807) is 0 Å². The highest BCUT2D eigenvalue weighted by Crippen LogP contribution is 2.34. The molecule has 0 saturated carbocycles. The maximum atomic E-state index is 12.4. The molecule has 1 aliphatic carbocycles. The van der Waals surface area contributed by atoms with E-state index in [2.05, 4.69) is 29.9 Å². The van der Waals surface area contributed by atoms with Gasteiger partial charge in [-0.2, -0.15) is 21.6 Å². The van der Waals surface area contributed by atoms with Crippen LogP contribution < -0.4 is 0 Å². The van der Waals surface area contributed by atoms with Gasteiger partial charge in [-0.05, 0) is 44.2 Å². The normalized spacial score (nSPS) is 20.6. The van der Waals surface area contributed by atoms with Gasteiger partial charge in [0.1, 0.15) is 5.76 Å². The summed E-state index contributed by atoms with van der Waals surface area (Å²) in [7, 11) is -6.71. The average Bonchev–Trinajstić information content (AvgIpc) is 2.37. The number of allylic oxidation sites excluding steroid dienone is 4. The Morgan fingerprint density at radius 3 is 2.52 bits per heavy atom. The minimum absolute atomic E-state index is 0.0489. The van der Waals surface area contributed by atoms with Crippen LogP contribution in [0.4, 0.5) is 13.2 Å². The zero-order valence-electron chi connectivity index (χ0n) is 13.8. The van der Waals surface area contributed by atoms with Crippen molar-refractivity contribution in [1.82, 2.24) is 0 Å². The van der Waals surface area contributed by atoms with Gasteiger partial charge < -0.3 is 4.18 Å². The third-order valence-electron chi connectivity index (χ3n) is 3.57. The van der Waals surface area contributed by atoms with E-state index < -0.39 is 23.7 Å². The number of hydrogen-bond donors (Lipinski definition) is 0. The summed E-state index contributed by atoms with van der Waals surface area (Å²) in [5, 5.41) is 0. The van der Waals surface area contributed by atoms with Crippen molar-refractivity contribution in [2.75, 3.05) is 0 Å². The molecule has 0 aromatic rings. The number of rotatable bonds is 7. The quantitative estimate of drug-likeness (QED) is 0.267. The molecule has 3 nitrogen and oxygen atoms in total. The Hall–Kier alpha value is -0.763. The summed E-state index contributed by atoms with van der Waals surface area (Å²) in [6.07, 6.45) is 8.97. The maximum absolute atomic E-state index is 12.4. The highest BCUT2D eigenvalue weighted by molar-refractivity contribution is 7.87. The largest absolute Gasteiger partial charge is 0.534 e. The van der Waals surface area contributed by atoms with Gasteiger partial charge in [-0.1, -0.05) is 31.8 Å². The predicted octanol–water partition coefficient (Wildman–Crippen LogP) is 5.21. The van der Waals surface area contributed by atoms with Crippen LogP contribution in [-0.2, 0) is 14.3 Å². The van der Waals surface area contributed by atoms with Crippen molar-refractivity contribution in [2.45, 2.75) is 63.3 Å². The molecule has 0 heterocycles. The lowest BCUT2D eigenvalue weighted by Crippen LogP contribution is -2.27. The van der Waals surface area contributed by atoms with Gasteiger partial charge >= 0.3 is 15.6 Å². The first kappa shape index (κ1) is 20.3. The summed E-state index contributed by atoms with van der Waals surface area (Å²) in [5.74, 6) is -0.315. The molecule has 134 valence electrons. The van der Waals surface area contributed by atoms with E-state index in [0.717, 1.165) is 12.5 Å². The third kappa shape index (κ3) is 7.11. The van der Waals surface area contributed by atoms with Crippen LogP contribution in [0.3, 0.4) is 0 Å². The highest BCUT2D eigenvalue weighted by Gasteiger charge is 2.49. The highest BCUT2D eigenvalue weighted by atomic mass is 32.2. The van der Waals surface area contributed by atoms with Gasteiger partial charge in [-0.25, -0.2) is 0 Å². The second-order valence-corrected chi connectivity index (χ2v) is 14.1. The molecule has 0 aliphatic heterocycles. The van der Waals surface area contributed by atoms with Crippen LogP contribution in [0.1, 0.15) is 32.1 Å². The Bertz CT molecular complexity index is 545. The van der Waals surface area contributed by atoms with Gasteiger partial charge in [0.2, 0.25) is 0 Å².